The second-order valence-electron chi connectivity index (χ2n) is 3.71. The SMILES string of the molecule is NC(=O)NC(=O)CN1CCSCC1CC(=O)O. The fourth-order valence-corrected chi connectivity index (χ4v) is 2.78. The van der Waals surface area contributed by atoms with Gasteiger partial charge in [-0.2, -0.15) is 11.8 Å². The maximum Gasteiger partial charge on any atom is 0.318 e. The number of aliphatic carboxylic acids is 1. The molecule has 1 aliphatic heterocycles. The monoisotopic (exact) mass is 261 g/mol. The first-order chi connectivity index (χ1) is 7.99. The van der Waals surface area contributed by atoms with Crippen LogP contribution in [0.3, 0.4) is 0 Å². The van der Waals surface area contributed by atoms with Gasteiger partial charge in [-0.3, -0.25) is 19.8 Å². The molecule has 1 atom stereocenters. The molecule has 17 heavy (non-hydrogen) atoms. The number of carboxylic acids is 1. The number of rotatable bonds is 4. The average Bonchev–Trinajstić information content (AvgIpc) is 2.18. The Hall–Kier alpha value is -1.28. The van der Waals surface area contributed by atoms with E-state index in [9.17, 15) is 14.4 Å². The molecule has 1 unspecified atom stereocenters. The minimum absolute atomic E-state index is 0.00144. The number of primary amides is 1. The maximum atomic E-state index is 11.3. The predicted octanol–water partition coefficient (Wildman–Crippen LogP) is -0.927. The number of imide groups is 1. The zero-order valence-corrected chi connectivity index (χ0v) is 10.0. The summed E-state index contributed by atoms with van der Waals surface area (Å²) >= 11 is 1.66. The van der Waals surface area contributed by atoms with Crippen LogP contribution in [-0.2, 0) is 9.59 Å². The number of hydrogen-bond acceptors (Lipinski definition) is 5. The van der Waals surface area contributed by atoms with Gasteiger partial charge < -0.3 is 10.8 Å². The molecule has 0 aromatic carbocycles. The molecule has 0 saturated carbocycles. The van der Waals surface area contributed by atoms with Gasteiger partial charge in [0, 0.05) is 24.1 Å². The molecule has 8 heteroatoms. The molecule has 0 aromatic heterocycles. The third-order valence-corrected chi connectivity index (χ3v) is 3.46. The summed E-state index contributed by atoms with van der Waals surface area (Å²) in [6.45, 7) is 0.635. The number of nitrogens with two attached hydrogens (primary N) is 1. The second kappa shape index (κ2) is 6.45. The number of thioether (sulfide) groups is 1. The summed E-state index contributed by atoms with van der Waals surface area (Å²) in [6, 6.07) is -1.07. The van der Waals surface area contributed by atoms with Gasteiger partial charge in [0.05, 0.1) is 13.0 Å². The minimum Gasteiger partial charge on any atom is -0.481 e. The lowest BCUT2D eigenvalue weighted by Crippen LogP contribution is -2.49. The molecule has 1 rings (SSSR count). The van der Waals surface area contributed by atoms with Gasteiger partial charge in [0.1, 0.15) is 0 Å². The fourth-order valence-electron chi connectivity index (χ4n) is 1.65. The van der Waals surface area contributed by atoms with Crippen molar-refractivity contribution in [1.29, 1.82) is 0 Å². The molecule has 0 radical (unpaired) electrons. The first kappa shape index (κ1) is 13.8. The number of nitrogens with zero attached hydrogens (tertiary/aromatic N) is 1. The number of hydrogen-bond donors (Lipinski definition) is 3. The van der Waals surface area contributed by atoms with Gasteiger partial charge >= 0.3 is 12.0 Å². The second-order valence-corrected chi connectivity index (χ2v) is 4.86. The first-order valence-electron chi connectivity index (χ1n) is 5.12. The van der Waals surface area contributed by atoms with Gasteiger partial charge in [0.25, 0.3) is 0 Å². The van der Waals surface area contributed by atoms with Gasteiger partial charge in [-0.15, -0.1) is 0 Å². The van der Waals surface area contributed by atoms with Crippen LogP contribution in [0.15, 0.2) is 0 Å². The highest BCUT2D eigenvalue weighted by Gasteiger charge is 2.26. The highest BCUT2D eigenvalue weighted by molar-refractivity contribution is 7.99. The van der Waals surface area contributed by atoms with Crippen LogP contribution in [0.4, 0.5) is 4.79 Å². The van der Waals surface area contributed by atoms with Crippen LogP contribution in [0.1, 0.15) is 6.42 Å². The third kappa shape index (κ3) is 5.05. The molecule has 3 amide bonds. The molecule has 4 N–H and O–H groups in total. The standard InChI is InChI=1S/C9H15N3O4S/c10-9(16)11-7(13)4-12-1-2-17-5-6(12)3-8(14)15/h6H,1-5H2,(H,14,15)(H3,10,11,13,16). The van der Waals surface area contributed by atoms with Gasteiger partial charge in [-0.25, -0.2) is 4.79 Å². The van der Waals surface area contributed by atoms with E-state index in [1.54, 1.807) is 16.7 Å². The van der Waals surface area contributed by atoms with E-state index in [1.165, 1.54) is 0 Å². The lowest BCUT2D eigenvalue weighted by molar-refractivity contribution is -0.138. The van der Waals surface area contributed by atoms with E-state index >= 15 is 0 Å². The Balaban J connectivity index is 2.50. The number of carboxylic acid groups (broad SMARTS) is 1. The zero-order chi connectivity index (χ0) is 12.8. The number of carbonyl (C=O) groups is 3. The minimum atomic E-state index is -0.892. The molecule has 0 aliphatic carbocycles. The van der Waals surface area contributed by atoms with E-state index in [-0.39, 0.29) is 19.0 Å². The van der Waals surface area contributed by atoms with Crippen LogP contribution >= 0.6 is 11.8 Å². The van der Waals surface area contributed by atoms with E-state index in [4.69, 9.17) is 10.8 Å². The molecule has 0 aromatic rings. The van der Waals surface area contributed by atoms with Gasteiger partial charge in [0.15, 0.2) is 0 Å². The van der Waals surface area contributed by atoms with E-state index in [0.717, 1.165) is 5.75 Å². The highest BCUT2D eigenvalue weighted by Crippen LogP contribution is 2.18. The van der Waals surface area contributed by atoms with Crippen molar-refractivity contribution >= 4 is 29.7 Å². The lowest BCUT2D eigenvalue weighted by Gasteiger charge is -2.33. The molecule has 1 saturated heterocycles. The van der Waals surface area contributed by atoms with Gasteiger partial charge in [0.2, 0.25) is 5.91 Å². The van der Waals surface area contributed by atoms with Gasteiger partial charge in [-0.05, 0) is 0 Å². The quantitative estimate of drug-likeness (QED) is 0.603. The van der Waals surface area contributed by atoms with Gasteiger partial charge in [-0.1, -0.05) is 0 Å². The Labute approximate surface area is 103 Å². The van der Waals surface area contributed by atoms with Crippen LogP contribution in [0.5, 0.6) is 0 Å². The van der Waals surface area contributed by atoms with Crippen molar-refractivity contribution in [3.8, 4) is 0 Å². The molecular formula is C9H15N3O4S. The molecule has 1 heterocycles. The maximum absolute atomic E-state index is 11.3. The Morgan fingerprint density at radius 2 is 2.18 bits per heavy atom. The summed E-state index contributed by atoms with van der Waals surface area (Å²) in [6.07, 6.45) is -0.00312. The fraction of sp³-hybridized carbons (Fsp3) is 0.667. The average molecular weight is 261 g/mol. The third-order valence-electron chi connectivity index (χ3n) is 2.37. The molecule has 1 aliphatic rings. The summed E-state index contributed by atoms with van der Waals surface area (Å²) in [5.41, 5.74) is 4.83. The molecule has 7 nitrogen and oxygen atoms in total. The molecule has 0 bridgehead atoms. The Bertz CT molecular complexity index is 323. The van der Waals surface area contributed by atoms with Crippen LogP contribution in [0.25, 0.3) is 0 Å². The zero-order valence-electron chi connectivity index (χ0n) is 9.22. The summed E-state index contributed by atoms with van der Waals surface area (Å²) in [4.78, 5) is 34.3. The van der Waals surface area contributed by atoms with Crippen LogP contribution in [-0.4, -0.2) is 58.6 Å². The van der Waals surface area contributed by atoms with Crippen LogP contribution in [0, 0.1) is 0 Å². The van der Waals surface area contributed by atoms with E-state index < -0.39 is 17.9 Å². The normalized spacial score (nSPS) is 20.8. The molecular weight excluding hydrogens is 246 g/mol. The van der Waals surface area contributed by atoms with E-state index in [1.807, 2.05) is 5.32 Å². The van der Waals surface area contributed by atoms with Crippen molar-refractivity contribution in [2.45, 2.75) is 12.5 Å². The van der Waals surface area contributed by atoms with Crippen molar-refractivity contribution in [3.63, 3.8) is 0 Å². The smallest absolute Gasteiger partial charge is 0.318 e. The summed E-state index contributed by atoms with van der Waals surface area (Å²) < 4.78 is 0. The predicted molar refractivity (Wildman–Crippen MR) is 62.7 cm³/mol. The van der Waals surface area contributed by atoms with Crippen molar-refractivity contribution in [2.75, 3.05) is 24.6 Å². The number of carbonyl (C=O) groups excluding carboxylic acids is 2. The summed E-state index contributed by atoms with van der Waals surface area (Å²) in [7, 11) is 0. The number of amides is 3. The first-order valence-corrected chi connectivity index (χ1v) is 6.27. The van der Waals surface area contributed by atoms with E-state index in [2.05, 4.69) is 0 Å². The Kier molecular flexibility index (Phi) is 5.23. The number of urea groups is 1. The van der Waals surface area contributed by atoms with Crippen molar-refractivity contribution in [3.05, 3.63) is 0 Å². The van der Waals surface area contributed by atoms with Crippen LogP contribution < -0.4 is 11.1 Å². The van der Waals surface area contributed by atoms with Crippen molar-refractivity contribution in [1.82, 2.24) is 10.2 Å². The van der Waals surface area contributed by atoms with Crippen LogP contribution in [0.2, 0.25) is 0 Å². The largest absolute Gasteiger partial charge is 0.481 e. The lowest BCUT2D eigenvalue weighted by atomic mass is 10.2. The highest BCUT2D eigenvalue weighted by atomic mass is 32.2. The Morgan fingerprint density at radius 1 is 1.47 bits per heavy atom. The molecule has 0 spiro atoms. The summed E-state index contributed by atoms with van der Waals surface area (Å²) in [5.74, 6) is 0.133. The van der Waals surface area contributed by atoms with Crippen molar-refractivity contribution < 1.29 is 19.5 Å². The Morgan fingerprint density at radius 3 is 2.76 bits per heavy atom. The van der Waals surface area contributed by atoms with E-state index in [0.29, 0.717) is 12.3 Å². The molecule has 1 fully saturated rings. The molecule has 96 valence electrons. The summed E-state index contributed by atoms with van der Waals surface area (Å²) in [5, 5.41) is 10.7. The van der Waals surface area contributed by atoms with Crippen molar-refractivity contribution in [2.24, 2.45) is 5.73 Å². The number of nitrogens with one attached hydrogen (secondary N) is 1. The topological polar surface area (TPSA) is 113 Å².